The van der Waals surface area contributed by atoms with E-state index in [2.05, 4.69) is 17.2 Å². The van der Waals surface area contributed by atoms with Crippen LogP contribution in [0.15, 0.2) is 35.5 Å². The molecule has 4 heteroatoms. The van der Waals surface area contributed by atoms with Crippen molar-refractivity contribution in [3.63, 3.8) is 0 Å². The van der Waals surface area contributed by atoms with Crippen molar-refractivity contribution in [1.29, 1.82) is 0 Å². The number of nitrogens with one attached hydrogen (secondary N) is 1. The van der Waals surface area contributed by atoms with E-state index < -0.39 is 0 Å². The molecule has 1 atom stereocenters. The molecule has 2 heterocycles. The van der Waals surface area contributed by atoms with E-state index in [1.165, 1.54) is 5.56 Å². The van der Waals surface area contributed by atoms with Crippen molar-refractivity contribution >= 4 is 0 Å². The van der Waals surface area contributed by atoms with Crippen LogP contribution in [0.3, 0.4) is 0 Å². The van der Waals surface area contributed by atoms with E-state index in [9.17, 15) is 0 Å². The Kier molecular flexibility index (Phi) is 3.41. The number of rotatable bonds is 5. The summed E-state index contributed by atoms with van der Waals surface area (Å²) in [5, 5.41) is 3.43. The zero-order valence-corrected chi connectivity index (χ0v) is 9.68. The van der Waals surface area contributed by atoms with Gasteiger partial charge < -0.3 is 14.3 Å². The Hall–Kier alpha value is -1.55. The molecule has 0 aliphatic carbocycles. The maximum atomic E-state index is 5.08. The minimum atomic E-state index is 0.254. The number of hydrogen-bond donors (Lipinski definition) is 1. The Morgan fingerprint density at radius 3 is 3.00 bits per heavy atom. The van der Waals surface area contributed by atoms with Crippen LogP contribution in [0, 0.1) is 0 Å². The average Bonchev–Trinajstić information content (AvgIpc) is 2.88. The minimum absolute atomic E-state index is 0.254. The van der Waals surface area contributed by atoms with Gasteiger partial charge in [-0.2, -0.15) is 0 Å². The summed E-state index contributed by atoms with van der Waals surface area (Å²) < 4.78 is 7.05. The van der Waals surface area contributed by atoms with Gasteiger partial charge in [-0.05, 0) is 24.6 Å². The van der Waals surface area contributed by atoms with Gasteiger partial charge in [-0.1, -0.05) is 6.92 Å². The van der Waals surface area contributed by atoms with Crippen LogP contribution >= 0.6 is 0 Å². The highest BCUT2D eigenvalue weighted by atomic mass is 16.3. The SMILES string of the molecule is CCNC(Cc1ccoc1)c1cn(C)cn1. The van der Waals surface area contributed by atoms with Gasteiger partial charge in [0.1, 0.15) is 0 Å². The monoisotopic (exact) mass is 219 g/mol. The van der Waals surface area contributed by atoms with Crippen molar-refractivity contribution in [2.75, 3.05) is 6.54 Å². The number of likely N-dealkylation sites (N-methyl/N-ethyl adjacent to an activating group) is 1. The van der Waals surface area contributed by atoms with E-state index in [1.54, 1.807) is 12.5 Å². The highest BCUT2D eigenvalue weighted by Crippen LogP contribution is 2.16. The molecule has 2 rings (SSSR count). The van der Waals surface area contributed by atoms with Gasteiger partial charge in [0.25, 0.3) is 0 Å². The first-order chi connectivity index (χ1) is 7.79. The molecule has 0 aromatic carbocycles. The molecule has 0 aliphatic heterocycles. The first-order valence-electron chi connectivity index (χ1n) is 5.52. The Morgan fingerprint density at radius 2 is 2.44 bits per heavy atom. The number of aromatic nitrogens is 2. The van der Waals surface area contributed by atoms with Crippen LogP contribution in [-0.2, 0) is 13.5 Å². The highest BCUT2D eigenvalue weighted by molar-refractivity contribution is 5.13. The standard InChI is InChI=1S/C12H17N3O/c1-3-13-11(6-10-4-5-16-8-10)12-7-15(2)9-14-12/h4-5,7-9,11,13H,3,6H2,1-2H3. The lowest BCUT2D eigenvalue weighted by Crippen LogP contribution is -2.23. The molecule has 2 aromatic heterocycles. The molecule has 0 radical (unpaired) electrons. The quantitative estimate of drug-likeness (QED) is 0.835. The van der Waals surface area contributed by atoms with Gasteiger partial charge in [0.15, 0.2) is 0 Å². The molecule has 0 saturated carbocycles. The second-order valence-corrected chi connectivity index (χ2v) is 3.91. The zero-order chi connectivity index (χ0) is 11.4. The molecule has 0 amide bonds. The first-order valence-corrected chi connectivity index (χ1v) is 5.52. The summed E-state index contributed by atoms with van der Waals surface area (Å²) in [6.45, 7) is 3.03. The van der Waals surface area contributed by atoms with Crippen LogP contribution in [0.1, 0.15) is 24.2 Å². The lowest BCUT2D eigenvalue weighted by molar-refractivity contribution is 0.527. The second kappa shape index (κ2) is 4.99. The summed E-state index contributed by atoms with van der Waals surface area (Å²) in [5.41, 5.74) is 2.27. The fraction of sp³-hybridized carbons (Fsp3) is 0.417. The molecule has 0 bridgehead atoms. The Morgan fingerprint density at radius 1 is 1.56 bits per heavy atom. The summed E-state index contributed by atoms with van der Waals surface area (Å²) in [6.07, 6.45) is 8.27. The molecule has 0 saturated heterocycles. The molecule has 0 fully saturated rings. The molecule has 0 aliphatic rings. The minimum Gasteiger partial charge on any atom is -0.472 e. The third kappa shape index (κ3) is 2.52. The largest absolute Gasteiger partial charge is 0.472 e. The summed E-state index contributed by atoms with van der Waals surface area (Å²) in [4.78, 5) is 4.39. The lowest BCUT2D eigenvalue weighted by atomic mass is 10.1. The molecular weight excluding hydrogens is 202 g/mol. The van der Waals surface area contributed by atoms with Crippen LogP contribution in [-0.4, -0.2) is 16.1 Å². The summed E-state index contributed by atoms with van der Waals surface area (Å²) >= 11 is 0. The van der Waals surface area contributed by atoms with E-state index in [-0.39, 0.29) is 6.04 Å². The van der Waals surface area contributed by atoms with Crippen molar-refractivity contribution in [2.24, 2.45) is 7.05 Å². The van der Waals surface area contributed by atoms with Gasteiger partial charge in [-0.15, -0.1) is 0 Å². The fourth-order valence-corrected chi connectivity index (χ4v) is 1.79. The molecule has 1 unspecified atom stereocenters. The third-order valence-electron chi connectivity index (χ3n) is 2.55. The molecule has 1 N–H and O–H groups in total. The van der Waals surface area contributed by atoms with Crippen molar-refractivity contribution < 1.29 is 4.42 Å². The number of imidazole rings is 1. The van der Waals surface area contributed by atoms with E-state index in [4.69, 9.17) is 4.42 Å². The van der Waals surface area contributed by atoms with E-state index >= 15 is 0 Å². The van der Waals surface area contributed by atoms with Crippen LogP contribution in [0.25, 0.3) is 0 Å². The Balaban J connectivity index is 2.11. The van der Waals surface area contributed by atoms with E-state index in [0.717, 1.165) is 18.7 Å². The molecule has 16 heavy (non-hydrogen) atoms. The predicted molar refractivity (Wildman–Crippen MR) is 62.0 cm³/mol. The normalized spacial score (nSPS) is 12.9. The van der Waals surface area contributed by atoms with Crippen LogP contribution in [0.5, 0.6) is 0 Å². The molecular formula is C12H17N3O. The Bertz CT molecular complexity index is 419. The average molecular weight is 219 g/mol. The summed E-state index contributed by atoms with van der Waals surface area (Å²) in [6, 6.07) is 2.25. The number of nitrogens with zero attached hydrogens (tertiary/aromatic N) is 2. The smallest absolute Gasteiger partial charge is 0.0947 e. The second-order valence-electron chi connectivity index (χ2n) is 3.91. The van der Waals surface area contributed by atoms with Crippen LogP contribution in [0.4, 0.5) is 0 Å². The third-order valence-corrected chi connectivity index (χ3v) is 2.55. The topological polar surface area (TPSA) is 43.0 Å². The molecule has 86 valence electrons. The maximum Gasteiger partial charge on any atom is 0.0947 e. The fourth-order valence-electron chi connectivity index (χ4n) is 1.79. The van der Waals surface area contributed by atoms with Gasteiger partial charge >= 0.3 is 0 Å². The highest BCUT2D eigenvalue weighted by Gasteiger charge is 2.14. The molecule has 0 spiro atoms. The van der Waals surface area contributed by atoms with Gasteiger partial charge in [-0.25, -0.2) is 4.98 Å². The van der Waals surface area contributed by atoms with E-state index in [1.807, 2.05) is 30.2 Å². The van der Waals surface area contributed by atoms with Crippen LogP contribution < -0.4 is 5.32 Å². The predicted octanol–water partition coefficient (Wildman–Crippen LogP) is 1.91. The van der Waals surface area contributed by atoms with Crippen molar-refractivity contribution in [1.82, 2.24) is 14.9 Å². The number of aryl methyl sites for hydroxylation is 1. The Labute approximate surface area is 95.3 Å². The van der Waals surface area contributed by atoms with Gasteiger partial charge in [0.2, 0.25) is 0 Å². The zero-order valence-electron chi connectivity index (χ0n) is 9.68. The van der Waals surface area contributed by atoms with Crippen molar-refractivity contribution in [3.8, 4) is 0 Å². The first kappa shape index (κ1) is 11.0. The summed E-state index contributed by atoms with van der Waals surface area (Å²) in [5.74, 6) is 0. The van der Waals surface area contributed by atoms with Crippen molar-refractivity contribution in [2.45, 2.75) is 19.4 Å². The van der Waals surface area contributed by atoms with Gasteiger partial charge in [-0.3, -0.25) is 0 Å². The van der Waals surface area contributed by atoms with Gasteiger partial charge in [0, 0.05) is 13.2 Å². The summed E-state index contributed by atoms with van der Waals surface area (Å²) in [7, 11) is 1.98. The van der Waals surface area contributed by atoms with Gasteiger partial charge in [0.05, 0.1) is 30.6 Å². The van der Waals surface area contributed by atoms with Crippen molar-refractivity contribution in [3.05, 3.63) is 42.4 Å². The molecule has 4 nitrogen and oxygen atoms in total. The maximum absolute atomic E-state index is 5.08. The van der Waals surface area contributed by atoms with Crippen LogP contribution in [0.2, 0.25) is 0 Å². The van der Waals surface area contributed by atoms with E-state index in [0.29, 0.717) is 0 Å². The number of furan rings is 1. The molecule has 2 aromatic rings. The number of hydrogen-bond acceptors (Lipinski definition) is 3. The lowest BCUT2D eigenvalue weighted by Gasteiger charge is -2.14.